The number of aliphatic hydroxyl groups is 2. The molecule has 2 heterocycles. The lowest BCUT2D eigenvalue weighted by Gasteiger charge is -2.32. The first kappa shape index (κ1) is 24.1. The summed E-state index contributed by atoms with van der Waals surface area (Å²) < 4.78 is 14.5. The molecule has 0 bridgehead atoms. The van der Waals surface area contributed by atoms with Crippen LogP contribution in [-0.2, 0) is 6.42 Å². The van der Waals surface area contributed by atoms with Crippen LogP contribution in [0.1, 0.15) is 47.0 Å². The van der Waals surface area contributed by atoms with Gasteiger partial charge in [0, 0.05) is 57.7 Å². The number of benzene rings is 3. The Balaban J connectivity index is 1.58. The van der Waals surface area contributed by atoms with Crippen LogP contribution in [0.3, 0.4) is 0 Å². The van der Waals surface area contributed by atoms with E-state index in [0.717, 1.165) is 15.9 Å². The van der Waals surface area contributed by atoms with Gasteiger partial charge in [0.05, 0.1) is 12.3 Å². The number of nitrogens with zero attached hydrogens (tertiary/aromatic N) is 2. The fourth-order valence-corrected chi connectivity index (χ4v) is 5.33. The lowest BCUT2D eigenvalue weighted by Crippen LogP contribution is -2.44. The largest absolute Gasteiger partial charge is 0.396 e. The fraction of sp³-hybridized carbons (Fsp3) is 0.231. The van der Waals surface area contributed by atoms with Gasteiger partial charge in [-0.1, -0.05) is 6.07 Å². The number of hydrogen-bond acceptors (Lipinski definition) is 7. The molecular formula is C26H21FN2O6S. The molecule has 0 aliphatic carbocycles. The van der Waals surface area contributed by atoms with E-state index in [1.54, 1.807) is 0 Å². The van der Waals surface area contributed by atoms with Gasteiger partial charge in [0.15, 0.2) is 0 Å². The third-order valence-electron chi connectivity index (χ3n) is 6.35. The number of carbonyl (C=O) groups excluding carboxylic acids is 4. The second-order valence-corrected chi connectivity index (χ2v) is 9.59. The maximum atomic E-state index is 14.5. The molecule has 0 spiro atoms. The molecule has 184 valence electrons. The minimum atomic E-state index is -0.687. The molecule has 2 aliphatic heterocycles. The molecule has 0 fully saturated rings. The zero-order chi connectivity index (χ0) is 25.6. The Hall–Kier alpha value is -3.60. The molecule has 3 aromatic carbocycles. The number of thioether (sulfide) groups is 1. The molecule has 2 N–H and O–H groups in total. The summed E-state index contributed by atoms with van der Waals surface area (Å²) in [5.41, 5.74) is 1.03. The van der Waals surface area contributed by atoms with Gasteiger partial charge in [0.1, 0.15) is 5.82 Å². The molecule has 0 atom stereocenters. The number of halogens is 1. The van der Waals surface area contributed by atoms with Crippen molar-refractivity contribution < 1.29 is 33.8 Å². The van der Waals surface area contributed by atoms with Gasteiger partial charge in [-0.25, -0.2) is 9.29 Å². The van der Waals surface area contributed by atoms with E-state index in [1.807, 2.05) is 0 Å². The first-order chi connectivity index (χ1) is 17.4. The first-order valence-electron chi connectivity index (χ1n) is 11.3. The number of amides is 4. The summed E-state index contributed by atoms with van der Waals surface area (Å²) in [7, 11) is 0. The highest BCUT2D eigenvalue weighted by Gasteiger charge is 2.40. The number of hydrogen-bond donors (Lipinski definition) is 2. The molecule has 10 heteroatoms. The van der Waals surface area contributed by atoms with Gasteiger partial charge in [-0.15, -0.1) is 0 Å². The summed E-state index contributed by atoms with van der Waals surface area (Å²) in [6.07, 6.45) is 0.0981. The van der Waals surface area contributed by atoms with Gasteiger partial charge in [-0.2, -0.15) is 11.8 Å². The Labute approximate surface area is 209 Å². The van der Waals surface area contributed by atoms with Gasteiger partial charge >= 0.3 is 0 Å². The number of rotatable bonds is 8. The molecule has 36 heavy (non-hydrogen) atoms. The molecule has 0 saturated heterocycles. The predicted molar refractivity (Wildman–Crippen MR) is 132 cm³/mol. The van der Waals surface area contributed by atoms with Crippen molar-refractivity contribution in [3.63, 3.8) is 0 Å². The summed E-state index contributed by atoms with van der Waals surface area (Å²) in [4.78, 5) is 55.3. The SMILES string of the molecule is O=C1c2ccc3c4c(ccc(c24)C(=O)N1CCSCCO)C(=O)N(c1ccc(CCO)c(F)c1)C3=O. The van der Waals surface area contributed by atoms with E-state index in [-0.39, 0.29) is 70.5 Å². The highest BCUT2D eigenvalue weighted by Crippen LogP contribution is 2.39. The Bertz CT molecular complexity index is 1390. The van der Waals surface area contributed by atoms with E-state index in [9.17, 15) is 23.6 Å². The molecule has 0 unspecified atom stereocenters. The quantitative estimate of drug-likeness (QED) is 0.355. The van der Waals surface area contributed by atoms with E-state index in [0.29, 0.717) is 11.5 Å². The van der Waals surface area contributed by atoms with E-state index < -0.39 is 29.4 Å². The van der Waals surface area contributed by atoms with Crippen LogP contribution in [0.2, 0.25) is 0 Å². The molecule has 0 aromatic heterocycles. The van der Waals surface area contributed by atoms with E-state index in [2.05, 4.69) is 0 Å². The third kappa shape index (κ3) is 3.69. The number of aliphatic hydroxyl groups excluding tert-OH is 2. The van der Waals surface area contributed by atoms with Crippen molar-refractivity contribution in [3.05, 3.63) is 76.1 Å². The van der Waals surface area contributed by atoms with Crippen molar-refractivity contribution >= 4 is 51.9 Å². The zero-order valence-corrected chi connectivity index (χ0v) is 19.8. The lowest BCUT2D eigenvalue weighted by molar-refractivity contribution is 0.0619. The van der Waals surface area contributed by atoms with E-state index >= 15 is 0 Å². The van der Waals surface area contributed by atoms with Crippen molar-refractivity contribution in [2.75, 3.05) is 36.2 Å². The van der Waals surface area contributed by atoms with Crippen LogP contribution in [0, 0.1) is 5.82 Å². The molecule has 0 saturated carbocycles. The Morgan fingerprint density at radius 3 is 1.78 bits per heavy atom. The van der Waals surface area contributed by atoms with E-state index in [4.69, 9.17) is 10.2 Å². The van der Waals surface area contributed by atoms with Gasteiger partial charge in [0.2, 0.25) is 0 Å². The predicted octanol–water partition coefficient (Wildman–Crippen LogP) is 2.64. The highest BCUT2D eigenvalue weighted by molar-refractivity contribution is 7.99. The number of carbonyl (C=O) groups is 4. The monoisotopic (exact) mass is 508 g/mol. The molecular weight excluding hydrogens is 487 g/mol. The van der Waals surface area contributed by atoms with Gasteiger partial charge in [-0.05, 0) is 48.4 Å². The standard InChI is InChI=1S/C26H21FN2O6S/c27-20-13-15(2-1-14(20)7-9-30)29-25(34)18-5-3-16-21-17(4-6-19(22(18)21)26(29)35)24(33)28(23(16)32)8-11-36-12-10-31/h1-6,13,30-31H,7-12H2. The summed E-state index contributed by atoms with van der Waals surface area (Å²) in [6, 6.07) is 9.80. The Kier molecular flexibility index (Phi) is 6.33. The van der Waals surface area contributed by atoms with Crippen LogP contribution in [0.15, 0.2) is 42.5 Å². The average Bonchev–Trinajstić information content (AvgIpc) is 2.87. The summed E-state index contributed by atoms with van der Waals surface area (Å²) in [6.45, 7) is -0.0801. The van der Waals surface area contributed by atoms with Crippen molar-refractivity contribution in [3.8, 4) is 0 Å². The molecule has 8 nitrogen and oxygen atoms in total. The summed E-state index contributed by atoms with van der Waals surface area (Å²) >= 11 is 1.42. The first-order valence-corrected chi connectivity index (χ1v) is 12.5. The van der Waals surface area contributed by atoms with Crippen molar-refractivity contribution in [2.24, 2.45) is 0 Å². The van der Waals surface area contributed by atoms with Crippen molar-refractivity contribution in [1.29, 1.82) is 0 Å². The Morgan fingerprint density at radius 2 is 1.28 bits per heavy atom. The maximum Gasteiger partial charge on any atom is 0.265 e. The molecule has 4 amide bonds. The van der Waals surface area contributed by atoms with Crippen LogP contribution in [-0.4, -0.2) is 70.0 Å². The van der Waals surface area contributed by atoms with Crippen LogP contribution in [0.4, 0.5) is 10.1 Å². The van der Waals surface area contributed by atoms with Gasteiger partial charge < -0.3 is 10.2 Å². The Morgan fingerprint density at radius 1 is 0.722 bits per heavy atom. The second kappa shape index (κ2) is 9.45. The topological polar surface area (TPSA) is 115 Å². The normalized spacial score (nSPS) is 14.9. The van der Waals surface area contributed by atoms with Crippen LogP contribution < -0.4 is 4.90 Å². The minimum absolute atomic E-state index is 0.00122. The van der Waals surface area contributed by atoms with Crippen LogP contribution >= 0.6 is 11.8 Å². The smallest absolute Gasteiger partial charge is 0.265 e. The number of imide groups is 2. The molecule has 2 aliphatic rings. The molecule has 3 aromatic rings. The molecule has 0 radical (unpaired) electrons. The second-order valence-electron chi connectivity index (χ2n) is 8.36. The average molecular weight is 509 g/mol. The van der Waals surface area contributed by atoms with Gasteiger partial charge in [-0.3, -0.25) is 24.1 Å². The maximum absolute atomic E-state index is 14.5. The van der Waals surface area contributed by atoms with E-state index in [1.165, 1.54) is 48.2 Å². The zero-order valence-electron chi connectivity index (χ0n) is 19.0. The summed E-state index contributed by atoms with van der Waals surface area (Å²) in [5.74, 6) is -2.08. The van der Waals surface area contributed by atoms with Gasteiger partial charge in [0.25, 0.3) is 23.6 Å². The minimum Gasteiger partial charge on any atom is -0.396 e. The third-order valence-corrected chi connectivity index (χ3v) is 7.29. The highest BCUT2D eigenvalue weighted by atomic mass is 32.2. The molecule has 5 rings (SSSR count). The fourth-order valence-electron chi connectivity index (χ4n) is 4.68. The van der Waals surface area contributed by atoms with Crippen molar-refractivity contribution in [2.45, 2.75) is 6.42 Å². The summed E-state index contributed by atoms with van der Waals surface area (Å²) in [5, 5.41) is 18.5. The van der Waals surface area contributed by atoms with Crippen molar-refractivity contribution in [1.82, 2.24) is 4.90 Å². The van der Waals surface area contributed by atoms with Crippen LogP contribution in [0.5, 0.6) is 0 Å². The lowest BCUT2D eigenvalue weighted by atomic mass is 9.86. The van der Waals surface area contributed by atoms with Crippen LogP contribution in [0.25, 0.3) is 10.8 Å². The number of anilines is 1.